The van der Waals surface area contributed by atoms with Crippen LogP contribution in [-0.2, 0) is 15.0 Å². The molecule has 0 saturated heterocycles. The minimum atomic E-state index is -1.45. The third kappa shape index (κ3) is 3.95. The van der Waals surface area contributed by atoms with Crippen molar-refractivity contribution in [1.29, 1.82) is 0 Å². The van der Waals surface area contributed by atoms with E-state index in [0.717, 1.165) is 16.7 Å². The molecule has 1 aromatic carbocycles. The Bertz CT molecular complexity index is 602. The zero-order valence-corrected chi connectivity index (χ0v) is 12.4. The van der Waals surface area contributed by atoms with Gasteiger partial charge in [0.25, 0.3) is 0 Å². The summed E-state index contributed by atoms with van der Waals surface area (Å²) in [5.74, 6) is -0.817. The maximum atomic E-state index is 11.8. The molecule has 5 heteroatoms. The molecule has 0 aliphatic carbocycles. The third-order valence-corrected chi connectivity index (χ3v) is 3.31. The van der Waals surface area contributed by atoms with Crippen LogP contribution < -0.4 is 5.48 Å². The van der Waals surface area contributed by atoms with E-state index < -0.39 is 17.5 Å². The van der Waals surface area contributed by atoms with Crippen molar-refractivity contribution in [2.45, 2.75) is 26.2 Å². The van der Waals surface area contributed by atoms with E-state index in [1.54, 1.807) is 5.48 Å². The molecular weight excluding hydrogens is 270 g/mol. The molecule has 112 valence electrons. The Morgan fingerprint density at radius 3 is 2.43 bits per heavy atom. The molecule has 0 saturated carbocycles. The number of hydrogen-bond acceptors (Lipinski definition) is 3. The van der Waals surface area contributed by atoms with Crippen molar-refractivity contribution in [3.63, 3.8) is 0 Å². The molecule has 0 radical (unpaired) electrons. The first-order valence-electron chi connectivity index (χ1n) is 6.32. The number of allylic oxidation sites excluding steroid dienone is 1. The van der Waals surface area contributed by atoms with Gasteiger partial charge in [0.2, 0.25) is 0 Å². The Kier molecular flexibility index (Phi) is 4.92. The lowest BCUT2D eigenvalue weighted by Gasteiger charge is -2.26. The van der Waals surface area contributed by atoms with Gasteiger partial charge in [-0.1, -0.05) is 56.8 Å². The predicted octanol–water partition coefficient (Wildman–Crippen LogP) is 3.28. The lowest BCUT2D eigenvalue weighted by atomic mass is 9.77. The number of hydroxylamine groups is 1. The summed E-state index contributed by atoms with van der Waals surface area (Å²) in [5.41, 5.74) is 3.75. The number of hydrogen-bond donors (Lipinski definition) is 2. The van der Waals surface area contributed by atoms with Gasteiger partial charge in [0.05, 0.1) is 0 Å². The molecule has 5 nitrogen and oxygen atoms in total. The Labute approximate surface area is 123 Å². The van der Waals surface area contributed by atoms with E-state index in [9.17, 15) is 9.59 Å². The first-order chi connectivity index (χ1) is 9.66. The highest BCUT2D eigenvalue weighted by Crippen LogP contribution is 2.32. The fourth-order valence-electron chi connectivity index (χ4n) is 1.75. The molecule has 21 heavy (non-hydrogen) atoms. The molecule has 1 aromatic rings. The monoisotopic (exact) mass is 289 g/mol. The summed E-state index contributed by atoms with van der Waals surface area (Å²) in [7, 11) is 0. The normalized spacial score (nSPS) is 10.6. The SMILES string of the molecule is C=C(C)c1cccc(C(C)(C)C(=C)C(=O)ONC(=O)O)c1. The van der Waals surface area contributed by atoms with Gasteiger partial charge in [-0.05, 0) is 18.1 Å². The topological polar surface area (TPSA) is 75.6 Å². The average Bonchev–Trinajstić information content (AvgIpc) is 2.43. The number of carboxylic acid groups (broad SMARTS) is 1. The van der Waals surface area contributed by atoms with E-state index in [1.807, 2.05) is 45.0 Å². The summed E-state index contributed by atoms with van der Waals surface area (Å²) >= 11 is 0. The Morgan fingerprint density at radius 2 is 1.90 bits per heavy atom. The summed E-state index contributed by atoms with van der Waals surface area (Å²) in [6, 6.07) is 7.59. The van der Waals surface area contributed by atoms with Crippen molar-refractivity contribution in [3.05, 3.63) is 54.1 Å². The van der Waals surface area contributed by atoms with Crippen LogP contribution in [-0.4, -0.2) is 17.2 Å². The summed E-state index contributed by atoms with van der Waals surface area (Å²) in [6.07, 6.45) is -1.45. The summed E-state index contributed by atoms with van der Waals surface area (Å²) < 4.78 is 0. The van der Waals surface area contributed by atoms with Crippen molar-refractivity contribution < 1.29 is 19.5 Å². The van der Waals surface area contributed by atoms with E-state index in [-0.39, 0.29) is 5.57 Å². The minimum Gasteiger partial charge on any atom is -0.463 e. The molecule has 1 rings (SSSR count). The Hall–Kier alpha value is -2.56. The molecule has 0 aliphatic rings. The van der Waals surface area contributed by atoms with Crippen LogP contribution in [0.3, 0.4) is 0 Å². The van der Waals surface area contributed by atoms with Crippen LogP contribution in [0.25, 0.3) is 5.57 Å². The van der Waals surface area contributed by atoms with Crippen LogP contribution in [0.4, 0.5) is 4.79 Å². The molecule has 0 aliphatic heterocycles. The first-order valence-corrected chi connectivity index (χ1v) is 6.32. The zero-order valence-electron chi connectivity index (χ0n) is 12.4. The standard InChI is InChI=1S/C16H19NO4/c1-10(2)12-7-6-8-13(9-12)16(4,5)11(3)14(18)21-17-15(19)20/h6-9,17H,1,3H2,2,4-5H3,(H,19,20). The van der Waals surface area contributed by atoms with E-state index in [0.29, 0.717) is 0 Å². The van der Waals surface area contributed by atoms with E-state index >= 15 is 0 Å². The minimum absolute atomic E-state index is 0.148. The number of rotatable bonds is 4. The quantitative estimate of drug-likeness (QED) is 0.659. The highest BCUT2D eigenvalue weighted by Gasteiger charge is 2.30. The van der Waals surface area contributed by atoms with E-state index in [1.165, 1.54) is 0 Å². The van der Waals surface area contributed by atoms with Gasteiger partial charge in [0.15, 0.2) is 0 Å². The maximum Gasteiger partial charge on any atom is 0.438 e. The number of carbonyl (C=O) groups is 2. The van der Waals surface area contributed by atoms with E-state index in [4.69, 9.17) is 5.11 Å². The van der Waals surface area contributed by atoms with Gasteiger partial charge in [-0.3, -0.25) is 0 Å². The number of amides is 1. The van der Waals surface area contributed by atoms with Crippen LogP contribution in [0.5, 0.6) is 0 Å². The second-order valence-electron chi connectivity index (χ2n) is 5.26. The van der Waals surface area contributed by atoms with Crippen LogP contribution in [0.15, 0.2) is 43.0 Å². The lowest BCUT2D eigenvalue weighted by Crippen LogP contribution is -2.32. The van der Waals surface area contributed by atoms with Gasteiger partial charge < -0.3 is 9.94 Å². The van der Waals surface area contributed by atoms with Crippen LogP contribution in [0.2, 0.25) is 0 Å². The van der Waals surface area contributed by atoms with Crippen molar-refractivity contribution in [3.8, 4) is 0 Å². The van der Waals surface area contributed by atoms with Crippen LogP contribution >= 0.6 is 0 Å². The third-order valence-electron chi connectivity index (χ3n) is 3.31. The first kappa shape index (κ1) is 16.5. The molecule has 0 spiro atoms. The van der Waals surface area contributed by atoms with E-state index in [2.05, 4.69) is 18.0 Å². The van der Waals surface area contributed by atoms with Gasteiger partial charge in [-0.25, -0.2) is 9.59 Å². The molecule has 0 unspecified atom stereocenters. The number of benzene rings is 1. The van der Waals surface area contributed by atoms with Crippen molar-refractivity contribution in [1.82, 2.24) is 5.48 Å². The summed E-state index contributed by atoms with van der Waals surface area (Å²) in [5, 5.41) is 8.43. The fraction of sp³-hybridized carbons (Fsp3) is 0.250. The fourth-order valence-corrected chi connectivity index (χ4v) is 1.75. The largest absolute Gasteiger partial charge is 0.463 e. The van der Waals surface area contributed by atoms with Crippen molar-refractivity contribution in [2.24, 2.45) is 0 Å². The second-order valence-corrected chi connectivity index (χ2v) is 5.26. The molecule has 0 atom stereocenters. The van der Waals surface area contributed by atoms with Crippen LogP contribution in [0, 0.1) is 0 Å². The van der Waals surface area contributed by atoms with Crippen LogP contribution in [0.1, 0.15) is 31.9 Å². The number of nitrogens with one attached hydrogen (secondary N) is 1. The van der Waals surface area contributed by atoms with Gasteiger partial charge in [0, 0.05) is 11.0 Å². The summed E-state index contributed by atoms with van der Waals surface area (Å²) in [6.45, 7) is 13.1. The van der Waals surface area contributed by atoms with Gasteiger partial charge in [-0.2, -0.15) is 0 Å². The Morgan fingerprint density at radius 1 is 1.29 bits per heavy atom. The highest BCUT2D eigenvalue weighted by atomic mass is 16.7. The molecule has 1 amide bonds. The molecular formula is C16H19NO4. The van der Waals surface area contributed by atoms with Crippen molar-refractivity contribution >= 4 is 17.6 Å². The lowest BCUT2D eigenvalue weighted by molar-refractivity contribution is -0.145. The zero-order chi connectivity index (χ0) is 16.2. The predicted molar refractivity (Wildman–Crippen MR) is 80.6 cm³/mol. The molecule has 0 heterocycles. The Balaban J connectivity index is 3.01. The molecule has 2 N–H and O–H groups in total. The van der Waals surface area contributed by atoms with Gasteiger partial charge in [0.1, 0.15) is 0 Å². The van der Waals surface area contributed by atoms with Crippen molar-refractivity contribution in [2.75, 3.05) is 0 Å². The average molecular weight is 289 g/mol. The van der Waals surface area contributed by atoms with Gasteiger partial charge >= 0.3 is 12.1 Å². The molecule has 0 bridgehead atoms. The second kappa shape index (κ2) is 6.26. The molecule has 0 fully saturated rings. The maximum absolute atomic E-state index is 11.8. The number of carbonyl (C=O) groups excluding carboxylic acids is 1. The molecule has 0 aromatic heterocycles. The smallest absolute Gasteiger partial charge is 0.438 e. The highest BCUT2D eigenvalue weighted by molar-refractivity contribution is 5.91. The van der Waals surface area contributed by atoms with Gasteiger partial charge in [-0.15, -0.1) is 5.48 Å². The summed E-state index contributed by atoms with van der Waals surface area (Å²) in [4.78, 5) is 26.6.